The summed E-state index contributed by atoms with van der Waals surface area (Å²) >= 11 is 0. The second kappa shape index (κ2) is 6.67. The van der Waals surface area contributed by atoms with Gasteiger partial charge in [0.1, 0.15) is 5.56 Å². The molecule has 0 radical (unpaired) electrons. The molecule has 6 heteroatoms. The number of aliphatic hydroxyl groups is 1. The SMILES string of the molecule is Cc1cccc(C(=O)NCC(C)(C)CC(C)O)c1[N+](=O)[O-]. The summed E-state index contributed by atoms with van der Waals surface area (Å²) in [6.45, 7) is 7.47. The van der Waals surface area contributed by atoms with Crippen LogP contribution in [0.5, 0.6) is 0 Å². The highest BCUT2D eigenvalue weighted by atomic mass is 16.6. The van der Waals surface area contributed by atoms with Crippen LogP contribution < -0.4 is 5.32 Å². The van der Waals surface area contributed by atoms with Crippen LogP contribution in [0.2, 0.25) is 0 Å². The van der Waals surface area contributed by atoms with E-state index in [9.17, 15) is 20.0 Å². The van der Waals surface area contributed by atoms with Crippen molar-refractivity contribution in [3.63, 3.8) is 0 Å². The van der Waals surface area contributed by atoms with Gasteiger partial charge in [-0.15, -0.1) is 0 Å². The van der Waals surface area contributed by atoms with E-state index in [2.05, 4.69) is 5.32 Å². The molecule has 1 unspecified atom stereocenters. The summed E-state index contributed by atoms with van der Waals surface area (Å²) in [5.74, 6) is -0.468. The maximum absolute atomic E-state index is 12.2. The number of rotatable bonds is 6. The molecule has 1 rings (SSSR count). The topological polar surface area (TPSA) is 92.5 Å². The monoisotopic (exact) mass is 294 g/mol. The van der Waals surface area contributed by atoms with Crippen molar-refractivity contribution in [3.8, 4) is 0 Å². The minimum Gasteiger partial charge on any atom is -0.393 e. The van der Waals surface area contributed by atoms with E-state index < -0.39 is 16.9 Å². The molecule has 0 aliphatic rings. The van der Waals surface area contributed by atoms with Crippen molar-refractivity contribution in [1.82, 2.24) is 5.32 Å². The number of carbonyl (C=O) groups is 1. The largest absolute Gasteiger partial charge is 0.393 e. The van der Waals surface area contributed by atoms with Crippen LogP contribution in [0, 0.1) is 22.5 Å². The molecule has 1 aromatic carbocycles. The van der Waals surface area contributed by atoms with Crippen LogP contribution in [0.25, 0.3) is 0 Å². The molecular formula is C15H22N2O4. The van der Waals surface area contributed by atoms with Gasteiger partial charge in [-0.3, -0.25) is 14.9 Å². The molecule has 1 atom stereocenters. The lowest BCUT2D eigenvalue weighted by molar-refractivity contribution is -0.385. The van der Waals surface area contributed by atoms with E-state index in [4.69, 9.17) is 0 Å². The molecule has 2 N–H and O–H groups in total. The van der Waals surface area contributed by atoms with E-state index in [-0.39, 0.29) is 16.7 Å². The quantitative estimate of drug-likeness (QED) is 0.622. The van der Waals surface area contributed by atoms with Gasteiger partial charge in [-0.2, -0.15) is 0 Å². The van der Waals surface area contributed by atoms with Crippen LogP contribution >= 0.6 is 0 Å². The number of nitro benzene ring substituents is 1. The molecule has 0 aliphatic heterocycles. The van der Waals surface area contributed by atoms with Crippen LogP contribution in [-0.4, -0.2) is 28.6 Å². The Morgan fingerprint density at radius 3 is 2.62 bits per heavy atom. The fraction of sp³-hybridized carbons (Fsp3) is 0.533. The van der Waals surface area contributed by atoms with Gasteiger partial charge in [-0.25, -0.2) is 0 Å². The molecule has 1 aromatic rings. The zero-order chi connectivity index (χ0) is 16.2. The Labute approximate surface area is 124 Å². The number of carbonyl (C=O) groups excluding carboxylic acids is 1. The Bertz CT molecular complexity index is 538. The molecule has 0 saturated heterocycles. The minimum absolute atomic E-state index is 0.0628. The van der Waals surface area contributed by atoms with Crippen molar-refractivity contribution >= 4 is 11.6 Å². The van der Waals surface area contributed by atoms with E-state index in [0.29, 0.717) is 18.5 Å². The lowest BCUT2D eigenvalue weighted by atomic mass is 9.87. The summed E-state index contributed by atoms with van der Waals surface area (Å²) in [7, 11) is 0. The fourth-order valence-corrected chi connectivity index (χ4v) is 2.37. The third-order valence-corrected chi connectivity index (χ3v) is 3.24. The van der Waals surface area contributed by atoms with Crippen molar-refractivity contribution in [2.45, 2.75) is 40.2 Å². The van der Waals surface area contributed by atoms with Crippen molar-refractivity contribution in [2.75, 3.05) is 6.54 Å². The zero-order valence-corrected chi connectivity index (χ0v) is 12.8. The number of amides is 1. The van der Waals surface area contributed by atoms with Gasteiger partial charge in [0.2, 0.25) is 0 Å². The highest BCUT2D eigenvalue weighted by Gasteiger charge is 2.25. The maximum Gasteiger partial charge on any atom is 0.285 e. The van der Waals surface area contributed by atoms with Gasteiger partial charge in [-0.1, -0.05) is 26.0 Å². The Hall–Kier alpha value is -1.95. The Balaban J connectivity index is 2.87. The summed E-state index contributed by atoms with van der Waals surface area (Å²) in [5, 5.41) is 23.2. The molecule has 0 fully saturated rings. The molecule has 1 amide bonds. The summed E-state index contributed by atoms with van der Waals surface area (Å²) < 4.78 is 0. The first-order valence-corrected chi connectivity index (χ1v) is 6.84. The number of hydrogen-bond donors (Lipinski definition) is 2. The van der Waals surface area contributed by atoms with Gasteiger partial charge in [0.25, 0.3) is 11.6 Å². The Morgan fingerprint density at radius 1 is 1.48 bits per heavy atom. The normalized spacial score (nSPS) is 12.8. The number of aryl methyl sites for hydroxylation is 1. The molecule has 6 nitrogen and oxygen atoms in total. The van der Waals surface area contributed by atoms with E-state index >= 15 is 0 Å². The first kappa shape index (κ1) is 17.1. The second-order valence-electron chi connectivity index (χ2n) is 6.13. The van der Waals surface area contributed by atoms with E-state index in [1.807, 2.05) is 13.8 Å². The first-order chi connectivity index (χ1) is 9.64. The maximum atomic E-state index is 12.2. The first-order valence-electron chi connectivity index (χ1n) is 6.84. The molecule has 0 saturated carbocycles. The molecule has 21 heavy (non-hydrogen) atoms. The van der Waals surface area contributed by atoms with Crippen molar-refractivity contribution in [2.24, 2.45) is 5.41 Å². The Morgan fingerprint density at radius 2 is 2.10 bits per heavy atom. The van der Waals surface area contributed by atoms with Gasteiger partial charge in [0, 0.05) is 12.1 Å². The number of para-hydroxylation sites is 1. The van der Waals surface area contributed by atoms with Gasteiger partial charge < -0.3 is 10.4 Å². The van der Waals surface area contributed by atoms with Crippen LogP contribution in [0.3, 0.4) is 0 Å². The van der Waals surface area contributed by atoms with Crippen LogP contribution in [-0.2, 0) is 0 Å². The molecule has 0 heterocycles. The van der Waals surface area contributed by atoms with Gasteiger partial charge >= 0.3 is 0 Å². The molecule has 0 bridgehead atoms. The third kappa shape index (κ3) is 4.82. The molecule has 0 aromatic heterocycles. The van der Waals surface area contributed by atoms with Gasteiger partial charge in [-0.05, 0) is 31.7 Å². The molecule has 116 valence electrons. The molecule has 0 spiro atoms. The number of benzene rings is 1. The van der Waals surface area contributed by atoms with Crippen molar-refractivity contribution < 1.29 is 14.8 Å². The summed E-state index contributed by atoms with van der Waals surface area (Å²) in [6, 6.07) is 4.67. The predicted molar refractivity (Wildman–Crippen MR) is 80.2 cm³/mol. The van der Waals surface area contributed by atoms with Crippen LogP contribution in [0.4, 0.5) is 5.69 Å². The summed E-state index contributed by atoms with van der Waals surface area (Å²) in [6.07, 6.45) is 0.0635. The predicted octanol–water partition coefficient (Wildman–Crippen LogP) is 2.43. The summed E-state index contributed by atoms with van der Waals surface area (Å²) in [4.78, 5) is 22.7. The van der Waals surface area contributed by atoms with E-state index in [1.54, 1.807) is 26.0 Å². The highest BCUT2D eigenvalue weighted by molar-refractivity contribution is 5.98. The van der Waals surface area contributed by atoms with Crippen molar-refractivity contribution in [3.05, 3.63) is 39.4 Å². The smallest absolute Gasteiger partial charge is 0.285 e. The van der Waals surface area contributed by atoms with Gasteiger partial charge in [0.15, 0.2) is 0 Å². The lowest BCUT2D eigenvalue weighted by Gasteiger charge is -2.26. The Kier molecular flexibility index (Phi) is 5.43. The van der Waals surface area contributed by atoms with Crippen molar-refractivity contribution in [1.29, 1.82) is 0 Å². The van der Waals surface area contributed by atoms with Gasteiger partial charge in [0.05, 0.1) is 11.0 Å². The number of aliphatic hydroxyl groups excluding tert-OH is 1. The lowest BCUT2D eigenvalue weighted by Crippen LogP contribution is -2.36. The number of nitrogens with one attached hydrogen (secondary N) is 1. The third-order valence-electron chi connectivity index (χ3n) is 3.24. The second-order valence-corrected chi connectivity index (χ2v) is 6.13. The van der Waals surface area contributed by atoms with Crippen LogP contribution in [0.1, 0.15) is 43.1 Å². The summed E-state index contributed by atoms with van der Waals surface area (Å²) in [5.41, 5.74) is 0.0645. The molecular weight excluding hydrogens is 272 g/mol. The minimum atomic E-state index is -0.537. The highest BCUT2D eigenvalue weighted by Crippen LogP contribution is 2.24. The van der Waals surface area contributed by atoms with Crippen LogP contribution in [0.15, 0.2) is 18.2 Å². The van der Waals surface area contributed by atoms with E-state index in [1.165, 1.54) is 6.07 Å². The standard InChI is InChI=1S/C15H22N2O4/c1-10-6-5-7-12(13(10)17(20)21)14(19)16-9-15(3,4)8-11(2)18/h5-7,11,18H,8-9H2,1-4H3,(H,16,19). The molecule has 0 aliphatic carbocycles. The average Bonchev–Trinajstić information content (AvgIpc) is 2.33. The average molecular weight is 294 g/mol. The zero-order valence-electron chi connectivity index (χ0n) is 12.8. The number of hydrogen-bond acceptors (Lipinski definition) is 4. The fourth-order valence-electron chi connectivity index (χ4n) is 2.37. The van der Waals surface area contributed by atoms with E-state index in [0.717, 1.165) is 0 Å². The number of nitrogens with zero attached hydrogens (tertiary/aromatic N) is 1. The number of nitro groups is 1.